The van der Waals surface area contributed by atoms with Crippen molar-refractivity contribution in [1.29, 1.82) is 0 Å². The Balaban J connectivity index is 1.35. The van der Waals surface area contributed by atoms with Gasteiger partial charge in [-0.1, -0.05) is 30.3 Å². The summed E-state index contributed by atoms with van der Waals surface area (Å²) in [6.45, 7) is 1.64. The molecule has 2 aromatic carbocycles. The van der Waals surface area contributed by atoms with Crippen LogP contribution in [-0.4, -0.2) is 33.0 Å². The Morgan fingerprint density at radius 1 is 1.10 bits per heavy atom. The predicted octanol–water partition coefficient (Wildman–Crippen LogP) is 2.21. The van der Waals surface area contributed by atoms with E-state index in [9.17, 15) is 27.2 Å². The van der Waals surface area contributed by atoms with Gasteiger partial charge in [-0.05, 0) is 49.4 Å². The Morgan fingerprint density at radius 3 is 2.40 bits per heavy atom. The number of imidazole rings is 1. The number of sulfonamides is 1. The number of aromatic nitrogens is 4. The summed E-state index contributed by atoms with van der Waals surface area (Å²) in [5.74, 6) is -0.541. The normalized spacial score (nSPS) is 13.2. The maximum Gasteiger partial charge on any atom is 0.332 e. The second kappa shape index (κ2) is 11.3. The summed E-state index contributed by atoms with van der Waals surface area (Å²) in [4.78, 5) is 43.6. The van der Waals surface area contributed by atoms with Crippen LogP contribution in [0.4, 0.5) is 21.6 Å². The lowest BCUT2D eigenvalue weighted by Crippen LogP contribution is -2.43. The van der Waals surface area contributed by atoms with E-state index in [1.165, 1.54) is 41.1 Å². The number of nitrogens with zero attached hydrogens (tertiary/aromatic N) is 4. The van der Waals surface area contributed by atoms with Crippen molar-refractivity contribution < 1.29 is 17.6 Å². The number of carbonyl (C=O) groups excluding carboxylic acids is 1. The molecule has 5 rings (SSSR count). The van der Waals surface area contributed by atoms with Crippen LogP contribution >= 0.6 is 0 Å². The summed E-state index contributed by atoms with van der Waals surface area (Å²) in [7, 11) is -2.22. The second-order valence-electron chi connectivity index (χ2n) is 10.3. The van der Waals surface area contributed by atoms with Gasteiger partial charge in [-0.15, -0.1) is 0 Å². The summed E-state index contributed by atoms with van der Waals surface area (Å²) < 4.78 is 45.8. The highest BCUT2D eigenvalue weighted by Crippen LogP contribution is 2.31. The molecule has 0 saturated heterocycles. The molecule has 0 radical (unpaired) electrons. The smallest absolute Gasteiger partial charge is 0.332 e. The molecule has 0 aliphatic heterocycles. The van der Waals surface area contributed by atoms with Crippen LogP contribution in [0.25, 0.3) is 0 Å². The van der Waals surface area contributed by atoms with Crippen LogP contribution in [0.3, 0.4) is 0 Å². The van der Waals surface area contributed by atoms with Gasteiger partial charge < -0.3 is 15.6 Å². The number of carbonyl (C=O) groups is 1. The number of nitrogen functional groups attached to an aromatic ring is 1. The van der Waals surface area contributed by atoms with Crippen molar-refractivity contribution in [3.05, 3.63) is 98.3 Å². The molecule has 0 unspecified atom stereocenters. The van der Waals surface area contributed by atoms with E-state index < -0.39 is 33.0 Å². The molecule has 1 aliphatic carbocycles. The highest BCUT2D eigenvalue weighted by molar-refractivity contribution is 7.92. The first-order valence-corrected chi connectivity index (χ1v) is 14.7. The van der Waals surface area contributed by atoms with Crippen molar-refractivity contribution in [2.75, 3.05) is 15.8 Å². The predicted molar refractivity (Wildman–Crippen MR) is 155 cm³/mol. The van der Waals surface area contributed by atoms with Gasteiger partial charge in [0.15, 0.2) is 5.03 Å². The molecule has 4 N–H and O–H groups in total. The number of nitrogens with two attached hydrogens (primary N) is 1. The minimum atomic E-state index is -3.91. The third-order valence-electron chi connectivity index (χ3n) is 7.09. The van der Waals surface area contributed by atoms with Crippen molar-refractivity contribution in [1.82, 2.24) is 18.7 Å². The Kier molecular flexibility index (Phi) is 7.73. The number of amides is 1. The number of benzene rings is 2. The van der Waals surface area contributed by atoms with Gasteiger partial charge in [-0.2, -0.15) is 8.42 Å². The Labute approximate surface area is 240 Å². The van der Waals surface area contributed by atoms with Crippen molar-refractivity contribution >= 4 is 33.1 Å². The fourth-order valence-corrected chi connectivity index (χ4v) is 5.53. The third-order valence-corrected chi connectivity index (χ3v) is 8.34. The van der Waals surface area contributed by atoms with Gasteiger partial charge in [0.05, 0.1) is 13.0 Å². The topological polar surface area (TPSA) is 163 Å². The molecule has 12 nitrogen and oxygen atoms in total. The van der Waals surface area contributed by atoms with Gasteiger partial charge >= 0.3 is 5.69 Å². The van der Waals surface area contributed by atoms with Crippen molar-refractivity contribution in [2.24, 2.45) is 13.0 Å². The molecule has 0 spiro atoms. The molecule has 0 atom stereocenters. The summed E-state index contributed by atoms with van der Waals surface area (Å²) in [5.41, 5.74) is 5.40. The van der Waals surface area contributed by atoms with Gasteiger partial charge in [0.25, 0.3) is 15.6 Å². The monoisotopic (exact) mass is 595 g/mol. The number of hydrogen-bond acceptors (Lipinski definition) is 7. The lowest BCUT2D eigenvalue weighted by atomic mass is 10.1. The van der Waals surface area contributed by atoms with Crippen LogP contribution < -0.4 is 27.0 Å². The van der Waals surface area contributed by atoms with E-state index in [1.807, 2.05) is 0 Å². The molecular weight excluding hydrogens is 565 g/mol. The maximum absolute atomic E-state index is 14.4. The standard InChI is InChI=1S/C28H30FN7O5S/c1-17-31-24(16-34(17)2)42(40,41)33-21-11-9-18(10-12-21)13-23(37)32-25-26(30)35(14-19-7-8-19)28(39)36(27(25)38)15-20-5-3-4-6-22(20)29/h3-6,9-12,16,19,33H,7-8,13-15,30H2,1-2H3,(H,32,37). The minimum absolute atomic E-state index is 0.118. The zero-order valence-corrected chi connectivity index (χ0v) is 23.8. The van der Waals surface area contributed by atoms with Crippen LogP contribution in [0, 0.1) is 18.7 Å². The first-order chi connectivity index (χ1) is 19.9. The first-order valence-electron chi connectivity index (χ1n) is 13.2. The van der Waals surface area contributed by atoms with E-state index >= 15 is 0 Å². The van der Waals surface area contributed by atoms with Gasteiger partial charge in [0.1, 0.15) is 23.1 Å². The quantitative estimate of drug-likeness (QED) is 0.253. The summed E-state index contributed by atoms with van der Waals surface area (Å²) >= 11 is 0. The van der Waals surface area contributed by atoms with Crippen LogP contribution in [0.5, 0.6) is 0 Å². The minimum Gasteiger partial charge on any atom is -0.383 e. The lowest BCUT2D eigenvalue weighted by Gasteiger charge is -2.17. The molecule has 1 aliphatic rings. The molecule has 42 heavy (non-hydrogen) atoms. The average molecular weight is 596 g/mol. The summed E-state index contributed by atoms with van der Waals surface area (Å²) in [5, 5.41) is 2.42. The largest absolute Gasteiger partial charge is 0.383 e. The lowest BCUT2D eigenvalue weighted by molar-refractivity contribution is -0.115. The highest BCUT2D eigenvalue weighted by atomic mass is 32.2. The van der Waals surface area contributed by atoms with Gasteiger partial charge in [0, 0.05) is 31.0 Å². The SMILES string of the molecule is Cc1nc(S(=O)(=O)Nc2ccc(CC(=O)Nc3c(N)n(CC4CC4)c(=O)n(Cc4ccccc4F)c3=O)cc2)cn1C. The van der Waals surface area contributed by atoms with E-state index in [2.05, 4.69) is 15.0 Å². The zero-order valence-electron chi connectivity index (χ0n) is 23.0. The third kappa shape index (κ3) is 6.12. The maximum atomic E-state index is 14.4. The van der Waals surface area contributed by atoms with E-state index in [0.29, 0.717) is 11.4 Å². The van der Waals surface area contributed by atoms with Gasteiger partial charge in [0.2, 0.25) is 5.91 Å². The number of anilines is 3. The fraction of sp³-hybridized carbons (Fsp3) is 0.286. The van der Waals surface area contributed by atoms with Crippen LogP contribution in [0.2, 0.25) is 0 Å². The Bertz CT molecular complexity index is 1870. The molecule has 14 heteroatoms. The zero-order chi connectivity index (χ0) is 30.2. The van der Waals surface area contributed by atoms with E-state index in [-0.39, 0.29) is 53.2 Å². The molecule has 1 saturated carbocycles. The first kappa shape index (κ1) is 28.8. The highest BCUT2D eigenvalue weighted by Gasteiger charge is 2.27. The second-order valence-corrected chi connectivity index (χ2v) is 12.0. The van der Waals surface area contributed by atoms with E-state index in [4.69, 9.17) is 5.73 Å². The number of nitrogens with one attached hydrogen (secondary N) is 2. The molecule has 2 heterocycles. The van der Waals surface area contributed by atoms with Crippen molar-refractivity contribution in [3.63, 3.8) is 0 Å². The van der Waals surface area contributed by atoms with Crippen molar-refractivity contribution in [3.8, 4) is 0 Å². The van der Waals surface area contributed by atoms with Crippen molar-refractivity contribution in [2.45, 2.75) is 44.3 Å². The molecule has 0 bridgehead atoms. The number of rotatable bonds is 10. The number of hydrogen-bond donors (Lipinski definition) is 3. The van der Waals surface area contributed by atoms with E-state index in [0.717, 1.165) is 17.4 Å². The molecule has 4 aromatic rings. The Morgan fingerprint density at radius 2 is 1.79 bits per heavy atom. The molecule has 2 aromatic heterocycles. The number of aryl methyl sites for hydroxylation is 2. The van der Waals surface area contributed by atoms with Gasteiger partial charge in [-0.25, -0.2) is 14.2 Å². The van der Waals surface area contributed by atoms with Crippen LogP contribution in [0.1, 0.15) is 29.8 Å². The van der Waals surface area contributed by atoms with Crippen LogP contribution in [-0.2, 0) is 41.4 Å². The Hall–Kier alpha value is -4.72. The van der Waals surface area contributed by atoms with Gasteiger partial charge in [-0.3, -0.25) is 23.4 Å². The fourth-order valence-electron chi connectivity index (χ4n) is 4.43. The van der Waals surface area contributed by atoms with Crippen LogP contribution in [0.15, 0.2) is 69.3 Å². The molecule has 1 fully saturated rings. The molecular formula is C28H30FN7O5S. The van der Waals surface area contributed by atoms with E-state index in [1.54, 1.807) is 36.7 Å². The summed E-state index contributed by atoms with van der Waals surface area (Å²) in [6.07, 6.45) is 3.06. The average Bonchev–Trinajstić information content (AvgIpc) is 3.70. The summed E-state index contributed by atoms with van der Waals surface area (Å²) in [6, 6.07) is 11.9. The molecule has 220 valence electrons. The molecule has 1 amide bonds. The number of halogens is 1.